The predicted molar refractivity (Wildman–Crippen MR) is 222 cm³/mol. The number of anilines is 2. The summed E-state index contributed by atoms with van der Waals surface area (Å²) in [4.78, 5) is 5.02. The molecule has 5 nitrogen and oxygen atoms in total. The quantitative estimate of drug-likeness (QED) is 0.0991. The number of para-hydroxylation sites is 2. The first-order valence-corrected chi connectivity index (χ1v) is 25.4. The zero-order chi connectivity index (χ0) is 37.9. The summed E-state index contributed by atoms with van der Waals surface area (Å²) in [5.74, 6) is 2.18. The number of rotatable bonds is 13. The van der Waals surface area contributed by atoms with E-state index in [0.29, 0.717) is 23.7 Å². The summed E-state index contributed by atoms with van der Waals surface area (Å²) in [5.41, 5.74) is 10.1. The molecule has 8 heteroatoms. The molecule has 1 fully saturated rings. The van der Waals surface area contributed by atoms with Gasteiger partial charge in [-0.2, -0.15) is 0 Å². The van der Waals surface area contributed by atoms with E-state index in [4.69, 9.17) is 24.1 Å². The van der Waals surface area contributed by atoms with Gasteiger partial charge in [-0.3, -0.25) is 0 Å². The molecule has 1 aliphatic heterocycles. The first-order chi connectivity index (χ1) is 24.6. The van der Waals surface area contributed by atoms with Crippen LogP contribution in [0.25, 0.3) is 0 Å². The molecule has 0 spiro atoms. The molecule has 3 aromatic carbocycles. The molecule has 0 N–H and O–H groups in total. The third-order valence-electron chi connectivity index (χ3n) is 9.80. The Labute approximate surface area is 324 Å². The van der Waals surface area contributed by atoms with Crippen LogP contribution in [-0.2, 0) is 31.9 Å². The van der Waals surface area contributed by atoms with Crippen molar-refractivity contribution < 1.29 is 21.2 Å². The van der Waals surface area contributed by atoms with E-state index in [-0.39, 0.29) is 6.10 Å². The van der Waals surface area contributed by atoms with Gasteiger partial charge in [-0.05, 0) is 0 Å². The van der Waals surface area contributed by atoms with Crippen LogP contribution in [0.2, 0.25) is 0 Å². The van der Waals surface area contributed by atoms with Crippen molar-refractivity contribution in [2.75, 3.05) is 22.9 Å². The number of benzene rings is 3. The van der Waals surface area contributed by atoms with Crippen molar-refractivity contribution in [3.05, 3.63) is 107 Å². The van der Waals surface area contributed by atoms with E-state index < -0.39 is 11.9 Å². The molecule has 1 aromatic heterocycles. The minimum absolute atomic E-state index is 0.0168. The summed E-state index contributed by atoms with van der Waals surface area (Å²) < 4.78 is 14.0. The van der Waals surface area contributed by atoms with Crippen LogP contribution < -0.4 is 19.1 Å². The summed E-state index contributed by atoms with van der Waals surface area (Å²) in [7, 11) is 18.1. The van der Waals surface area contributed by atoms with Gasteiger partial charge in [0.25, 0.3) is 0 Å². The monoisotopic (exact) mass is 833 g/mol. The van der Waals surface area contributed by atoms with Gasteiger partial charge in [-0.1, -0.05) is 0 Å². The van der Waals surface area contributed by atoms with Crippen LogP contribution in [-0.4, -0.2) is 32.7 Å². The Morgan fingerprint density at radius 2 is 1.25 bits per heavy atom. The van der Waals surface area contributed by atoms with Crippen LogP contribution in [0.15, 0.2) is 73.3 Å². The number of nitrogens with zero attached hydrogens (tertiary/aromatic N) is 4. The first-order valence-electron chi connectivity index (χ1n) is 19.0. The van der Waals surface area contributed by atoms with Crippen LogP contribution in [0.4, 0.5) is 11.4 Å². The Bertz CT molecular complexity index is 1850. The maximum absolute atomic E-state index is 8.04. The SMILES string of the molecule is CC(C)Oc1ccc(CCCn2cc[n+](C)c2)cc1[CH]=[Ru]([Cl])([Cl])=[C]1N(c2c(C(C)C)cccc2C(C)C)CCN1c1c(C(C)C)cccc1C(C)C. The minimum atomic E-state index is -3.87. The van der Waals surface area contributed by atoms with Crippen LogP contribution in [0, 0.1) is 0 Å². The van der Waals surface area contributed by atoms with Gasteiger partial charge < -0.3 is 0 Å². The fraction of sp³-hybridized carbons (Fsp3) is 0.477. The molecule has 52 heavy (non-hydrogen) atoms. The second-order valence-corrected chi connectivity index (χ2v) is 25.0. The topological polar surface area (TPSA) is 24.5 Å². The molecule has 4 aromatic rings. The van der Waals surface area contributed by atoms with Gasteiger partial charge in [0.05, 0.1) is 0 Å². The van der Waals surface area contributed by atoms with E-state index in [2.05, 4.69) is 173 Å². The second kappa shape index (κ2) is 17.1. The molecule has 1 aliphatic rings. The molecule has 0 bridgehead atoms. The summed E-state index contributed by atoms with van der Waals surface area (Å²) in [6, 6.07) is 20.2. The predicted octanol–water partition coefficient (Wildman–Crippen LogP) is 11.0. The van der Waals surface area contributed by atoms with Crippen molar-refractivity contribution in [3.8, 4) is 5.75 Å². The molecule has 0 radical (unpaired) electrons. The van der Waals surface area contributed by atoms with Crippen LogP contribution in [0.5, 0.6) is 5.75 Å². The van der Waals surface area contributed by atoms with Crippen molar-refractivity contribution in [2.24, 2.45) is 7.05 Å². The van der Waals surface area contributed by atoms with Gasteiger partial charge in [0.15, 0.2) is 0 Å². The van der Waals surface area contributed by atoms with Gasteiger partial charge in [0, 0.05) is 0 Å². The Hall–Kier alpha value is -2.79. The van der Waals surface area contributed by atoms with E-state index in [1.807, 2.05) is 0 Å². The summed E-state index contributed by atoms with van der Waals surface area (Å²) in [6.07, 6.45) is 8.32. The van der Waals surface area contributed by atoms with E-state index in [1.54, 1.807) is 0 Å². The van der Waals surface area contributed by atoms with Crippen LogP contribution >= 0.6 is 19.4 Å². The number of hydrogen-bond acceptors (Lipinski definition) is 3. The van der Waals surface area contributed by atoms with E-state index in [0.717, 1.165) is 48.1 Å². The molecular weight excluding hydrogens is 772 g/mol. The molecule has 0 amide bonds. The van der Waals surface area contributed by atoms with Crippen molar-refractivity contribution in [2.45, 2.75) is 118 Å². The van der Waals surface area contributed by atoms with Crippen LogP contribution in [0.1, 0.15) is 133 Å². The van der Waals surface area contributed by atoms with E-state index in [1.165, 1.54) is 39.2 Å². The third kappa shape index (κ3) is 9.11. The molecule has 284 valence electrons. The first kappa shape index (κ1) is 40.4. The van der Waals surface area contributed by atoms with Gasteiger partial charge in [-0.25, -0.2) is 0 Å². The van der Waals surface area contributed by atoms with Gasteiger partial charge in [0.1, 0.15) is 0 Å². The number of halogens is 2. The fourth-order valence-electron chi connectivity index (χ4n) is 7.31. The van der Waals surface area contributed by atoms with Crippen LogP contribution in [0.3, 0.4) is 0 Å². The number of hydrogen-bond donors (Lipinski definition) is 0. The standard InChI is InChI=1S/C27H38N2.C17H23N2O.2ClH.Ru/c1-18(2)22-11-9-12-23(19(3)4)26(22)28-15-16-29(17-28)27-24(20(5)6)13-10-14-25(27)21(7)8;1-14(2)20-17-8-7-16(12-15(17)3)6-5-9-19-11-10-18(4)13-19;;;/h9-14,18-21H,15-16H2,1-8H3;3,7-8,10-14H,5-6,9H2,1-2,4H3;2*1H;/q;+1;;;+2/p-2. The third-order valence-corrected chi connectivity index (χ3v) is 15.3. The molecule has 0 unspecified atom stereocenters. The molecule has 0 saturated carbocycles. The molecule has 2 heterocycles. The number of aryl methyl sites for hydroxylation is 3. The Morgan fingerprint density at radius 1 is 0.750 bits per heavy atom. The Morgan fingerprint density at radius 3 is 1.67 bits per heavy atom. The number of imidazole rings is 1. The average molecular weight is 834 g/mol. The molecule has 5 rings (SSSR count). The number of aromatic nitrogens is 2. The molecule has 1 saturated heterocycles. The Kier molecular flexibility index (Phi) is 13.3. The average Bonchev–Trinajstić information content (AvgIpc) is 3.71. The van der Waals surface area contributed by atoms with Gasteiger partial charge in [-0.15, -0.1) is 0 Å². The fourth-order valence-corrected chi connectivity index (χ4v) is 13.3. The van der Waals surface area contributed by atoms with Crippen molar-refractivity contribution in [3.63, 3.8) is 0 Å². The van der Waals surface area contributed by atoms with E-state index in [9.17, 15) is 0 Å². The van der Waals surface area contributed by atoms with Crippen molar-refractivity contribution in [1.82, 2.24) is 4.57 Å². The second-order valence-electron chi connectivity index (χ2n) is 15.8. The number of ether oxygens (including phenoxy) is 1. The normalized spacial score (nSPS) is 14.2. The van der Waals surface area contributed by atoms with E-state index >= 15 is 0 Å². The summed E-state index contributed by atoms with van der Waals surface area (Å²) >= 11 is -3.87. The van der Waals surface area contributed by atoms with Gasteiger partial charge in [0.2, 0.25) is 0 Å². The molecular formula is C44H61Cl2N4ORu+. The van der Waals surface area contributed by atoms with Gasteiger partial charge >= 0.3 is 326 Å². The zero-order valence-electron chi connectivity index (χ0n) is 33.2. The zero-order valence-corrected chi connectivity index (χ0v) is 36.5. The van der Waals surface area contributed by atoms with Crippen molar-refractivity contribution in [1.29, 1.82) is 0 Å². The Balaban J connectivity index is 1.78. The summed E-state index contributed by atoms with van der Waals surface area (Å²) in [6.45, 7) is 25.1. The van der Waals surface area contributed by atoms with Crippen molar-refractivity contribution >= 4 is 39.7 Å². The summed E-state index contributed by atoms with van der Waals surface area (Å²) in [5, 5.41) is 0. The molecule has 0 atom stereocenters. The molecule has 0 aliphatic carbocycles. The maximum atomic E-state index is 8.04.